The number of nitrogens with zero attached hydrogens (tertiary/aromatic N) is 2. The Labute approximate surface area is 258 Å². The first-order valence-corrected chi connectivity index (χ1v) is 15.5. The van der Waals surface area contributed by atoms with Gasteiger partial charge in [-0.2, -0.15) is 0 Å². The van der Waals surface area contributed by atoms with E-state index in [4.69, 9.17) is 4.74 Å². The van der Waals surface area contributed by atoms with Crippen molar-refractivity contribution >= 4 is 34.6 Å². The number of likely N-dealkylation sites (tertiary alicyclic amines) is 1. The van der Waals surface area contributed by atoms with E-state index in [1.807, 2.05) is 61.5 Å². The van der Waals surface area contributed by atoms with Crippen molar-refractivity contribution in [1.82, 2.24) is 20.4 Å². The molecule has 2 aliphatic heterocycles. The van der Waals surface area contributed by atoms with E-state index in [9.17, 15) is 19.2 Å². The molecule has 1 fully saturated rings. The van der Waals surface area contributed by atoms with Crippen LogP contribution >= 0.6 is 0 Å². The minimum Gasteiger partial charge on any atom is -0.444 e. The molecule has 2 N–H and O–H groups in total. The van der Waals surface area contributed by atoms with E-state index < -0.39 is 23.8 Å². The summed E-state index contributed by atoms with van der Waals surface area (Å²) in [5.74, 6) is -0.713. The Bertz CT molecular complexity index is 1560. The van der Waals surface area contributed by atoms with Crippen LogP contribution < -0.4 is 10.6 Å². The minimum atomic E-state index is -0.844. The number of benzene rings is 3. The normalized spacial score (nSPS) is 17.1. The predicted molar refractivity (Wildman–Crippen MR) is 169 cm³/mol. The van der Waals surface area contributed by atoms with Gasteiger partial charge in [0.15, 0.2) is 0 Å². The molecule has 3 aromatic carbocycles. The maximum Gasteiger partial charge on any atom is 0.410 e. The number of hydrogen-bond donors (Lipinski definition) is 2. The van der Waals surface area contributed by atoms with Crippen molar-refractivity contribution in [2.24, 2.45) is 0 Å². The number of fused-ring (bicyclic) bond motifs is 2. The first-order valence-electron chi connectivity index (χ1n) is 15.5. The SMILES string of the molecule is CCNC(=O)c1ccc2c(c1)CN(C(=O)C(Cc1ccc3ccccc3c1)NC(=O)C1CCCCN1C(=O)OC(C)(C)C)C2. The van der Waals surface area contributed by atoms with Gasteiger partial charge >= 0.3 is 6.09 Å². The average molecular weight is 599 g/mol. The third-order valence-electron chi connectivity index (χ3n) is 8.14. The monoisotopic (exact) mass is 598 g/mol. The molecule has 0 radical (unpaired) electrons. The molecule has 0 bridgehead atoms. The van der Waals surface area contributed by atoms with Crippen LogP contribution in [-0.4, -0.2) is 64.4 Å². The lowest BCUT2D eigenvalue weighted by Gasteiger charge is -2.36. The molecule has 44 heavy (non-hydrogen) atoms. The third kappa shape index (κ3) is 7.21. The van der Waals surface area contributed by atoms with Crippen LogP contribution in [0.1, 0.15) is 74.0 Å². The number of carbonyl (C=O) groups excluding carboxylic acids is 4. The lowest BCUT2D eigenvalue weighted by molar-refractivity contribution is -0.138. The molecule has 5 rings (SSSR count). The molecule has 9 nitrogen and oxygen atoms in total. The zero-order valence-electron chi connectivity index (χ0n) is 26.0. The van der Waals surface area contributed by atoms with Crippen molar-refractivity contribution in [2.75, 3.05) is 13.1 Å². The highest BCUT2D eigenvalue weighted by Gasteiger charge is 2.38. The minimum absolute atomic E-state index is 0.149. The van der Waals surface area contributed by atoms with Gasteiger partial charge in [0.25, 0.3) is 5.91 Å². The molecule has 0 aliphatic carbocycles. The largest absolute Gasteiger partial charge is 0.444 e. The highest BCUT2D eigenvalue weighted by atomic mass is 16.6. The number of piperidine rings is 1. The molecule has 0 saturated carbocycles. The fourth-order valence-electron chi connectivity index (χ4n) is 5.99. The Kier molecular flexibility index (Phi) is 9.22. The molecular weight excluding hydrogens is 556 g/mol. The van der Waals surface area contributed by atoms with Gasteiger partial charge in [-0.25, -0.2) is 4.79 Å². The lowest BCUT2D eigenvalue weighted by Crippen LogP contribution is -2.57. The second-order valence-corrected chi connectivity index (χ2v) is 12.7. The van der Waals surface area contributed by atoms with Crippen molar-refractivity contribution in [3.05, 3.63) is 82.9 Å². The Hall–Kier alpha value is -4.40. The van der Waals surface area contributed by atoms with Crippen LogP contribution in [0.2, 0.25) is 0 Å². The number of amides is 4. The summed E-state index contributed by atoms with van der Waals surface area (Å²) in [5.41, 5.74) is 2.68. The van der Waals surface area contributed by atoms with Crippen molar-refractivity contribution in [3.8, 4) is 0 Å². The standard InChI is InChI=1S/C35H42N4O5/c1-5-36-31(40)26-15-16-27-21-38(22-28(27)20-26)33(42)29(19-23-13-14-24-10-6-7-11-25(24)18-23)37-32(41)30-12-8-9-17-39(30)34(43)44-35(2,3)4/h6-7,10-11,13-16,18,20,29-30H,5,8-9,12,17,19,21-22H2,1-4H3,(H,36,40)(H,37,41). The van der Waals surface area contributed by atoms with Crippen LogP contribution in [-0.2, 0) is 33.8 Å². The third-order valence-corrected chi connectivity index (χ3v) is 8.14. The smallest absolute Gasteiger partial charge is 0.410 e. The summed E-state index contributed by atoms with van der Waals surface area (Å²) in [6.45, 7) is 8.96. The molecule has 9 heteroatoms. The number of carbonyl (C=O) groups is 4. The van der Waals surface area contributed by atoms with E-state index >= 15 is 0 Å². The highest BCUT2D eigenvalue weighted by Crippen LogP contribution is 2.26. The predicted octanol–water partition coefficient (Wildman–Crippen LogP) is 4.95. The average Bonchev–Trinajstić information content (AvgIpc) is 3.43. The van der Waals surface area contributed by atoms with Gasteiger partial charge < -0.3 is 20.3 Å². The first-order chi connectivity index (χ1) is 21.0. The van der Waals surface area contributed by atoms with E-state index in [2.05, 4.69) is 10.6 Å². The molecule has 1 saturated heterocycles. The van der Waals surface area contributed by atoms with Crippen molar-refractivity contribution in [1.29, 1.82) is 0 Å². The van der Waals surface area contributed by atoms with Gasteiger partial charge in [0.2, 0.25) is 11.8 Å². The van der Waals surface area contributed by atoms with Crippen molar-refractivity contribution in [3.63, 3.8) is 0 Å². The molecule has 2 atom stereocenters. The summed E-state index contributed by atoms with van der Waals surface area (Å²) in [5, 5.41) is 8.00. The van der Waals surface area contributed by atoms with Crippen LogP contribution in [0.3, 0.4) is 0 Å². The molecule has 2 unspecified atom stereocenters. The second-order valence-electron chi connectivity index (χ2n) is 12.7. The van der Waals surface area contributed by atoms with Crippen LogP contribution in [0.15, 0.2) is 60.7 Å². The van der Waals surface area contributed by atoms with Gasteiger partial charge in [-0.15, -0.1) is 0 Å². The summed E-state index contributed by atoms with van der Waals surface area (Å²) in [6, 6.07) is 18.0. The van der Waals surface area contributed by atoms with Crippen molar-refractivity contribution in [2.45, 2.75) is 84.2 Å². The summed E-state index contributed by atoms with van der Waals surface area (Å²) >= 11 is 0. The topological polar surface area (TPSA) is 108 Å². The number of nitrogens with one attached hydrogen (secondary N) is 2. The van der Waals surface area contributed by atoms with E-state index in [1.165, 1.54) is 4.90 Å². The van der Waals surface area contributed by atoms with Gasteiger partial charge in [0.05, 0.1) is 0 Å². The summed E-state index contributed by atoms with van der Waals surface area (Å²) < 4.78 is 5.61. The van der Waals surface area contributed by atoms with Gasteiger partial charge in [-0.3, -0.25) is 19.3 Å². The van der Waals surface area contributed by atoms with Crippen molar-refractivity contribution < 1.29 is 23.9 Å². The molecule has 4 amide bonds. The maximum atomic E-state index is 14.2. The van der Waals surface area contributed by atoms with Gasteiger partial charge in [0.1, 0.15) is 17.7 Å². The fourth-order valence-corrected chi connectivity index (χ4v) is 5.99. The maximum absolute atomic E-state index is 14.2. The molecular formula is C35H42N4O5. The highest BCUT2D eigenvalue weighted by molar-refractivity contribution is 5.95. The number of ether oxygens (including phenoxy) is 1. The first kappa shape index (κ1) is 31.0. The Morgan fingerprint density at radius 3 is 2.43 bits per heavy atom. The zero-order valence-corrected chi connectivity index (χ0v) is 26.0. The van der Waals surface area contributed by atoms with Gasteiger partial charge in [-0.1, -0.05) is 48.5 Å². The lowest BCUT2D eigenvalue weighted by atomic mass is 9.98. The Morgan fingerprint density at radius 1 is 0.932 bits per heavy atom. The van der Waals surface area contributed by atoms with Crippen LogP contribution in [0, 0.1) is 0 Å². The molecule has 0 spiro atoms. The van der Waals surface area contributed by atoms with E-state index in [0.29, 0.717) is 44.6 Å². The van der Waals surface area contributed by atoms with Crippen LogP contribution in [0.5, 0.6) is 0 Å². The number of rotatable bonds is 7. The Morgan fingerprint density at radius 2 is 1.68 bits per heavy atom. The van der Waals surface area contributed by atoms with Gasteiger partial charge in [-0.05, 0) is 86.6 Å². The molecule has 2 aliphatic rings. The quantitative estimate of drug-likeness (QED) is 0.400. The van der Waals surface area contributed by atoms with E-state index in [0.717, 1.165) is 40.3 Å². The van der Waals surface area contributed by atoms with Crippen LogP contribution in [0.4, 0.5) is 4.79 Å². The van der Waals surface area contributed by atoms with E-state index in [1.54, 1.807) is 31.7 Å². The van der Waals surface area contributed by atoms with E-state index in [-0.39, 0.29) is 17.7 Å². The molecule has 2 heterocycles. The summed E-state index contributed by atoms with van der Waals surface area (Å²) in [7, 11) is 0. The molecule has 3 aromatic rings. The summed E-state index contributed by atoms with van der Waals surface area (Å²) in [6.07, 6.45) is 1.86. The van der Waals surface area contributed by atoms with Gasteiger partial charge in [0, 0.05) is 38.2 Å². The Balaban J connectivity index is 1.38. The fraction of sp³-hybridized carbons (Fsp3) is 0.429. The second kappa shape index (κ2) is 13.1. The zero-order chi connectivity index (χ0) is 31.4. The number of hydrogen-bond acceptors (Lipinski definition) is 5. The molecule has 232 valence electrons. The molecule has 0 aromatic heterocycles. The summed E-state index contributed by atoms with van der Waals surface area (Å²) in [4.78, 5) is 56.7. The van der Waals surface area contributed by atoms with Crippen LogP contribution in [0.25, 0.3) is 10.8 Å².